The molecule has 1 aromatic heterocycles. The average molecular weight is 315 g/mol. The molecule has 9 heteroatoms. The summed E-state index contributed by atoms with van der Waals surface area (Å²) in [6.45, 7) is 2.42. The Kier molecular flexibility index (Phi) is 4.46. The second-order valence-electron chi connectivity index (χ2n) is 3.91. The van der Waals surface area contributed by atoms with Crippen molar-refractivity contribution in [2.45, 2.75) is 29.9 Å². The number of nitrogens with zero attached hydrogens (tertiary/aromatic N) is 3. The lowest BCUT2D eigenvalue weighted by Crippen LogP contribution is -2.17. The number of aromatic nitrogens is 3. The highest BCUT2D eigenvalue weighted by Gasteiger charge is 2.21. The van der Waals surface area contributed by atoms with Crippen molar-refractivity contribution in [2.24, 2.45) is 0 Å². The number of aromatic amines is 1. The summed E-state index contributed by atoms with van der Waals surface area (Å²) in [5.41, 5.74) is -0.517. The Bertz CT molecular complexity index is 697. The molecule has 0 bridgehead atoms. The first kappa shape index (κ1) is 14.6. The molecule has 0 saturated carbocycles. The minimum atomic E-state index is -0.542. The summed E-state index contributed by atoms with van der Waals surface area (Å²) >= 11 is 6.88. The quantitative estimate of drug-likeness (QED) is 0.676. The van der Waals surface area contributed by atoms with Crippen molar-refractivity contribution >= 4 is 29.1 Å². The van der Waals surface area contributed by atoms with E-state index in [1.54, 1.807) is 12.1 Å². The van der Waals surface area contributed by atoms with E-state index in [0.29, 0.717) is 16.6 Å². The molecule has 0 spiro atoms. The zero-order chi connectivity index (χ0) is 14.7. The fourth-order valence-corrected chi connectivity index (χ4v) is 2.96. The first-order chi connectivity index (χ1) is 9.54. The molecule has 0 radical (unpaired) electrons. The lowest BCUT2D eigenvalue weighted by Gasteiger charge is -2.05. The Hall–Kier alpha value is -1.80. The molecule has 7 nitrogen and oxygen atoms in total. The van der Waals surface area contributed by atoms with Gasteiger partial charge in [0, 0.05) is 6.54 Å². The van der Waals surface area contributed by atoms with Crippen molar-refractivity contribution in [3.05, 3.63) is 43.8 Å². The monoisotopic (exact) mass is 314 g/mol. The summed E-state index contributed by atoms with van der Waals surface area (Å²) in [5, 5.41) is 17.7. The van der Waals surface area contributed by atoms with Crippen LogP contribution >= 0.6 is 23.4 Å². The first-order valence-corrected chi connectivity index (χ1v) is 7.00. The normalized spacial score (nSPS) is 10.7. The topological polar surface area (TPSA) is 93.8 Å². The third-order valence-corrected chi connectivity index (χ3v) is 3.85. The van der Waals surface area contributed by atoms with Crippen LogP contribution < -0.4 is 5.69 Å². The minimum Gasteiger partial charge on any atom is -0.270 e. The number of halogens is 1. The summed E-state index contributed by atoms with van der Waals surface area (Å²) < 4.78 is 1.44. The number of H-pyrrole nitrogens is 1. The fraction of sp³-hybridized carbons (Fsp3) is 0.273. The predicted octanol–water partition coefficient (Wildman–Crippen LogP) is 2.69. The van der Waals surface area contributed by atoms with Crippen molar-refractivity contribution < 1.29 is 4.92 Å². The van der Waals surface area contributed by atoms with Crippen LogP contribution in [0.2, 0.25) is 5.02 Å². The molecule has 20 heavy (non-hydrogen) atoms. The maximum Gasteiger partial charge on any atom is 0.343 e. The standard InChI is InChI=1S/C11H11ClN4O3S/c1-2-6-15-10(17)13-14-11(15)20-8-5-3-4-7(12)9(8)16(18)19/h3-5H,2,6H2,1H3,(H,13,17). The minimum absolute atomic E-state index is 0.0555. The van der Waals surface area contributed by atoms with E-state index >= 15 is 0 Å². The van der Waals surface area contributed by atoms with Crippen LogP contribution in [0, 0.1) is 10.1 Å². The van der Waals surface area contributed by atoms with E-state index in [-0.39, 0.29) is 16.4 Å². The fourth-order valence-electron chi connectivity index (χ4n) is 1.66. The molecule has 0 aliphatic heterocycles. The molecule has 2 rings (SSSR count). The van der Waals surface area contributed by atoms with Gasteiger partial charge in [0.1, 0.15) is 5.02 Å². The van der Waals surface area contributed by atoms with Gasteiger partial charge in [-0.1, -0.05) is 24.6 Å². The van der Waals surface area contributed by atoms with E-state index in [0.717, 1.165) is 18.2 Å². The van der Waals surface area contributed by atoms with Crippen LogP contribution in [0.3, 0.4) is 0 Å². The molecule has 0 aliphatic carbocycles. The SMILES string of the molecule is CCCn1c(Sc2cccc(Cl)c2[N+](=O)[O-])n[nH]c1=O. The molecule has 1 N–H and O–H groups in total. The molecule has 0 atom stereocenters. The smallest absolute Gasteiger partial charge is 0.270 e. The molecule has 0 saturated heterocycles. The summed E-state index contributed by atoms with van der Waals surface area (Å²) in [5.74, 6) is 0. The van der Waals surface area contributed by atoms with Gasteiger partial charge in [0.05, 0.1) is 9.82 Å². The van der Waals surface area contributed by atoms with E-state index in [1.807, 2.05) is 6.92 Å². The van der Waals surface area contributed by atoms with Crippen LogP contribution in [0.5, 0.6) is 0 Å². The highest BCUT2D eigenvalue weighted by Crippen LogP contribution is 2.37. The lowest BCUT2D eigenvalue weighted by atomic mass is 10.3. The molecular weight excluding hydrogens is 304 g/mol. The zero-order valence-electron chi connectivity index (χ0n) is 10.5. The number of rotatable bonds is 5. The van der Waals surface area contributed by atoms with E-state index in [1.165, 1.54) is 10.6 Å². The van der Waals surface area contributed by atoms with Crippen LogP contribution in [0.15, 0.2) is 33.0 Å². The van der Waals surface area contributed by atoms with Crippen molar-refractivity contribution in [3.63, 3.8) is 0 Å². The second-order valence-corrected chi connectivity index (χ2v) is 5.33. The molecule has 0 unspecified atom stereocenters. The molecule has 1 heterocycles. The third kappa shape index (κ3) is 2.86. The van der Waals surface area contributed by atoms with Gasteiger partial charge in [0.2, 0.25) is 0 Å². The predicted molar refractivity (Wildman–Crippen MR) is 75.4 cm³/mol. The Morgan fingerprint density at radius 1 is 1.55 bits per heavy atom. The largest absolute Gasteiger partial charge is 0.343 e. The van der Waals surface area contributed by atoms with Crippen molar-refractivity contribution in [1.82, 2.24) is 14.8 Å². The first-order valence-electron chi connectivity index (χ1n) is 5.80. The molecule has 2 aromatic rings. The highest BCUT2D eigenvalue weighted by molar-refractivity contribution is 7.99. The maximum atomic E-state index is 11.6. The number of benzene rings is 1. The number of nitrogens with one attached hydrogen (secondary N) is 1. The van der Waals surface area contributed by atoms with Gasteiger partial charge in [-0.05, 0) is 30.3 Å². The van der Waals surface area contributed by atoms with Crippen molar-refractivity contribution in [3.8, 4) is 0 Å². The molecular formula is C11H11ClN4O3S. The molecule has 0 amide bonds. The van der Waals surface area contributed by atoms with Crippen LogP contribution in [0.25, 0.3) is 0 Å². The van der Waals surface area contributed by atoms with Crippen LogP contribution in [-0.4, -0.2) is 19.7 Å². The molecule has 1 aromatic carbocycles. The zero-order valence-corrected chi connectivity index (χ0v) is 12.1. The number of nitro groups is 1. The Morgan fingerprint density at radius 3 is 2.95 bits per heavy atom. The van der Waals surface area contributed by atoms with Crippen LogP contribution in [0.4, 0.5) is 5.69 Å². The Labute approximate surface area is 123 Å². The highest BCUT2D eigenvalue weighted by atomic mass is 35.5. The summed E-state index contributed by atoms with van der Waals surface area (Å²) in [6.07, 6.45) is 0.755. The van der Waals surface area contributed by atoms with Gasteiger partial charge in [0.25, 0.3) is 0 Å². The maximum absolute atomic E-state index is 11.6. The number of hydrogen-bond donors (Lipinski definition) is 1. The molecule has 0 aliphatic rings. The van der Waals surface area contributed by atoms with Gasteiger partial charge in [-0.15, -0.1) is 5.10 Å². The Balaban J connectivity index is 2.43. The average Bonchev–Trinajstić information content (AvgIpc) is 2.72. The van der Waals surface area contributed by atoms with Gasteiger partial charge in [0.15, 0.2) is 5.16 Å². The van der Waals surface area contributed by atoms with Crippen molar-refractivity contribution in [1.29, 1.82) is 0 Å². The lowest BCUT2D eigenvalue weighted by molar-refractivity contribution is -0.387. The summed E-state index contributed by atoms with van der Waals surface area (Å²) in [6, 6.07) is 4.64. The number of hydrogen-bond acceptors (Lipinski definition) is 5. The Morgan fingerprint density at radius 2 is 2.30 bits per heavy atom. The third-order valence-electron chi connectivity index (χ3n) is 2.50. The van der Waals surface area contributed by atoms with Gasteiger partial charge in [-0.25, -0.2) is 9.89 Å². The van der Waals surface area contributed by atoms with Gasteiger partial charge in [-0.3, -0.25) is 14.7 Å². The van der Waals surface area contributed by atoms with E-state index < -0.39 is 4.92 Å². The van der Waals surface area contributed by atoms with Crippen LogP contribution in [0.1, 0.15) is 13.3 Å². The summed E-state index contributed by atoms with van der Waals surface area (Å²) in [4.78, 5) is 22.4. The second kappa shape index (κ2) is 6.10. The van der Waals surface area contributed by atoms with Crippen molar-refractivity contribution in [2.75, 3.05) is 0 Å². The summed E-state index contributed by atoms with van der Waals surface area (Å²) in [7, 11) is 0. The van der Waals surface area contributed by atoms with E-state index in [9.17, 15) is 14.9 Å². The van der Waals surface area contributed by atoms with Gasteiger partial charge in [-0.2, -0.15) is 0 Å². The van der Waals surface area contributed by atoms with Crippen LogP contribution in [-0.2, 0) is 6.54 Å². The van der Waals surface area contributed by atoms with E-state index in [2.05, 4.69) is 10.2 Å². The molecule has 0 fully saturated rings. The molecule has 106 valence electrons. The van der Waals surface area contributed by atoms with E-state index in [4.69, 9.17) is 11.6 Å². The number of para-hydroxylation sites is 1. The number of nitro benzene ring substituents is 1. The van der Waals surface area contributed by atoms with Gasteiger partial charge < -0.3 is 0 Å². The van der Waals surface area contributed by atoms with Gasteiger partial charge >= 0.3 is 11.4 Å².